The average Bonchev–Trinajstić information content (AvgIpc) is 2.80. The maximum Gasteiger partial charge on any atom is 0.358 e. The van der Waals surface area contributed by atoms with Crippen molar-refractivity contribution >= 4 is 17.9 Å². The fraction of sp³-hybridized carbons (Fsp3) is 0.400. The number of aromatic nitrogens is 6. The third-order valence-corrected chi connectivity index (χ3v) is 2.61. The Bertz CT molecular complexity index is 667. The standard InChI is InChI=1S/C10H15N9O2/c1-18(2)10-14-6(13-9(12)15-10)4-19-5(3-11)7(8(20)21)16-17-19/h3-4,11H2,1-2H3,(H,20,21)(H2,12,13,14,15). The van der Waals surface area contributed by atoms with Crippen molar-refractivity contribution in [2.75, 3.05) is 24.7 Å². The van der Waals surface area contributed by atoms with Crippen molar-refractivity contribution in [3.8, 4) is 0 Å². The van der Waals surface area contributed by atoms with Gasteiger partial charge in [-0.05, 0) is 0 Å². The Kier molecular flexibility index (Phi) is 3.93. The van der Waals surface area contributed by atoms with Crippen molar-refractivity contribution in [1.82, 2.24) is 29.9 Å². The van der Waals surface area contributed by atoms with Crippen LogP contribution in [0.25, 0.3) is 0 Å². The minimum Gasteiger partial charge on any atom is -0.476 e. The molecule has 0 bridgehead atoms. The van der Waals surface area contributed by atoms with Crippen LogP contribution in [0.1, 0.15) is 22.0 Å². The van der Waals surface area contributed by atoms with Crippen molar-refractivity contribution in [3.63, 3.8) is 0 Å². The van der Waals surface area contributed by atoms with Crippen LogP contribution in [0.15, 0.2) is 0 Å². The molecule has 112 valence electrons. The average molecular weight is 293 g/mol. The number of rotatable bonds is 5. The zero-order valence-electron chi connectivity index (χ0n) is 11.6. The Balaban J connectivity index is 2.36. The van der Waals surface area contributed by atoms with Crippen molar-refractivity contribution < 1.29 is 9.90 Å². The highest BCUT2D eigenvalue weighted by Gasteiger charge is 2.18. The number of aromatic carboxylic acids is 1. The molecular formula is C10H15N9O2. The molecule has 2 aromatic heterocycles. The first-order chi connectivity index (χ1) is 9.92. The smallest absolute Gasteiger partial charge is 0.358 e. The van der Waals surface area contributed by atoms with Gasteiger partial charge in [0.2, 0.25) is 11.9 Å². The van der Waals surface area contributed by atoms with Crippen molar-refractivity contribution in [1.29, 1.82) is 0 Å². The summed E-state index contributed by atoms with van der Waals surface area (Å²) < 4.78 is 1.33. The molecule has 0 aromatic carbocycles. The maximum atomic E-state index is 11.0. The van der Waals surface area contributed by atoms with Gasteiger partial charge in [-0.15, -0.1) is 5.10 Å². The SMILES string of the molecule is CN(C)c1nc(N)nc(Cn2nnc(C(=O)O)c2CN)n1. The molecule has 2 heterocycles. The molecule has 5 N–H and O–H groups in total. The van der Waals surface area contributed by atoms with Gasteiger partial charge in [0.15, 0.2) is 11.5 Å². The fourth-order valence-corrected chi connectivity index (χ4v) is 1.66. The van der Waals surface area contributed by atoms with Crippen LogP contribution < -0.4 is 16.4 Å². The quantitative estimate of drug-likeness (QED) is 0.580. The van der Waals surface area contributed by atoms with Crippen LogP contribution >= 0.6 is 0 Å². The molecule has 0 spiro atoms. The molecule has 11 nitrogen and oxygen atoms in total. The number of carbonyl (C=O) groups is 1. The highest BCUT2D eigenvalue weighted by molar-refractivity contribution is 5.86. The zero-order valence-corrected chi connectivity index (χ0v) is 11.6. The van der Waals surface area contributed by atoms with Crippen molar-refractivity contribution in [2.24, 2.45) is 5.73 Å². The summed E-state index contributed by atoms with van der Waals surface area (Å²) >= 11 is 0. The normalized spacial score (nSPS) is 10.6. The summed E-state index contributed by atoms with van der Waals surface area (Å²) in [6, 6.07) is 0. The number of carboxylic acids is 1. The van der Waals surface area contributed by atoms with Gasteiger partial charge in [-0.3, -0.25) is 0 Å². The van der Waals surface area contributed by atoms with E-state index in [-0.39, 0.29) is 30.4 Å². The molecule has 0 saturated carbocycles. The van der Waals surface area contributed by atoms with E-state index in [0.717, 1.165) is 0 Å². The highest BCUT2D eigenvalue weighted by Crippen LogP contribution is 2.10. The van der Waals surface area contributed by atoms with E-state index in [9.17, 15) is 4.79 Å². The second kappa shape index (κ2) is 5.66. The zero-order chi connectivity index (χ0) is 15.6. The number of nitrogen functional groups attached to an aromatic ring is 1. The summed E-state index contributed by atoms with van der Waals surface area (Å²) in [7, 11) is 3.53. The minimum atomic E-state index is -1.19. The van der Waals surface area contributed by atoms with Gasteiger partial charge >= 0.3 is 5.97 Å². The number of hydrogen-bond donors (Lipinski definition) is 3. The topological polar surface area (TPSA) is 162 Å². The first-order valence-electron chi connectivity index (χ1n) is 5.95. The van der Waals surface area contributed by atoms with E-state index in [1.165, 1.54) is 4.68 Å². The number of nitrogens with zero attached hydrogens (tertiary/aromatic N) is 7. The van der Waals surface area contributed by atoms with E-state index < -0.39 is 5.97 Å². The number of anilines is 2. The molecule has 0 atom stereocenters. The second-order valence-corrected chi connectivity index (χ2v) is 4.36. The molecule has 0 unspecified atom stereocenters. The van der Waals surface area contributed by atoms with Crippen LogP contribution in [-0.2, 0) is 13.1 Å². The van der Waals surface area contributed by atoms with E-state index in [0.29, 0.717) is 11.8 Å². The van der Waals surface area contributed by atoms with Crippen LogP contribution in [0.5, 0.6) is 0 Å². The molecule has 0 aliphatic rings. The molecule has 0 radical (unpaired) electrons. The molecule has 21 heavy (non-hydrogen) atoms. The first kappa shape index (κ1) is 14.6. The lowest BCUT2D eigenvalue weighted by atomic mass is 10.3. The Labute approximate surface area is 119 Å². The third-order valence-electron chi connectivity index (χ3n) is 2.61. The van der Waals surface area contributed by atoms with Crippen molar-refractivity contribution in [2.45, 2.75) is 13.1 Å². The van der Waals surface area contributed by atoms with Crippen LogP contribution in [0, 0.1) is 0 Å². The molecule has 11 heteroatoms. The number of hydrogen-bond acceptors (Lipinski definition) is 9. The Morgan fingerprint density at radius 1 is 1.33 bits per heavy atom. The summed E-state index contributed by atoms with van der Waals surface area (Å²) in [6.07, 6.45) is 0. The third kappa shape index (κ3) is 3.02. The lowest BCUT2D eigenvalue weighted by Gasteiger charge is -2.11. The van der Waals surface area contributed by atoms with E-state index in [2.05, 4.69) is 25.3 Å². The second-order valence-electron chi connectivity index (χ2n) is 4.36. The maximum absolute atomic E-state index is 11.0. The van der Waals surface area contributed by atoms with Gasteiger partial charge in [-0.1, -0.05) is 5.21 Å². The molecule has 0 saturated heterocycles. The summed E-state index contributed by atoms with van der Waals surface area (Å²) in [6.45, 7) is 0.0795. The van der Waals surface area contributed by atoms with E-state index >= 15 is 0 Å². The van der Waals surface area contributed by atoms with Crippen LogP contribution in [0.4, 0.5) is 11.9 Å². The predicted molar refractivity (Wildman–Crippen MR) is 72.5 cm³/mol. The van der Waals surface area contributed by atoms with Gasteiger partial charge in [-0.2, -0.15) is 15.0 Å². The van der Waals surface area contributed by atoms with Gasteiger partial charge < -0.3 is 21.5 Å². The Morgan fingerprint density at radius 3 is 2.62 bits per heavy atom. The molecule has 0 aliphatic carbocycles. The highest BCUT2D eigenvalue weighted by atomic mass is 16.4. The molecule has 2 rings (SSSR count). The van der Waals surface area contributed by atoms with Gasteiger partial charge in [0, 0.05) is 20.6 Å². The monoisotopic (exact) mass is 293 g/mol. The molecule has 0 amide bonds. The summed E-state index contributed by atoms with van der Waals surface area (Å²) in [5.74, 6) is -0.393. The number of nitrogens with two attached hydrogens (primary N) is 2. The van der Waals surface area contributed by atoms with Gasteiger partial charge in [0.1, 0.15) is 6.54 Å². The van der Waals surface area contributed by atoms with Crippen molar-refractivity contribution in [3.05, 3.63) is 17.2 Å². The van der Waals surface area contributed by atoms with E-state index in [1.54, 1.807) is 19.0 Å². The lowest BCUT2D eigenvalue weighted by Crippen LogP contribution is -2.19. The van der Waals surface area contributed by atoms with E-state index in [4.69, 9.17) is 16.6 Å². The van der Waals surface area contributed by atoms with Crippen LogP contribution in [-0.4, -0.2) is 55.1 Å². The summed E-state index contributed by atoms with van der Waals surface area (Å²) in [5, 5.41) is 16.3. The largest absolute Gasteiger partial charge is 0.476 e. The lowest BCUT2D eigenvalue weighted by molar-refractivity contribution is 0.0689. The first-order valence-corrected chi connectivity index (χ1v) is 5.95. The number of carboxylic acid groups (broad SMARTS) is 1. The summed E-state index contributed by atoms with van der Waals surface area (Å²) in [4.78, 5) is 24.8. The molecular weight excluding hydrogens is 278 g/mol. The summed E-state index contributed by atoms with van der Waals surface area (Å²) in [5.41, 5.74) is 11.3. The van der Waals surface area contributed by atoms with E-state index in [1.807, 2.05) is 0 Å². The Morgan fingerprint density at radius 2 is 2.05 bits per heavy atom. The van der Waals surface area contributed by atoms with Crippen LogP contribution in [0.2, 0.25) is 0 Å². The fourth-order valence-electron chi connectivity index (χ4n) is 1.66. The van der Waals surface area contributed by atoms with Gasteiger partial charge in [0.05, 0.1) is 5.69 Å². The van der Waals surface area contributed by atoms with Crippen LogP contribution in [0.3, 0.4) is 0 Å². The molecule has 2 aromatic rings. The minimum absolute atomic E-state index is 0.0181. The van der Waals surface area contributed by atoms with Gasteiger partial charge in [-0.25, -0.2) is 9.48 Å². The molecule has 0 fully saturated rings. The Hall–Kier alpha value is -2.82. The van der Waals surface area contributed by atoms with Gasteiger partial charge in [0.25, 0.3) is 0 Å². The predicted octanol–water partition coefficient (Wildman–Crippen LogP) is -1.68. The molecule has 0 aliphatic heterocycles.